The lowest BCUT2D eigenvalue weighted by molar-refractivity contribution is 0.0929. The maximum Gasteiger partial charge on any atom is 0.253 e. The molecule has 0 spiro atoms. The number of rotatable bonds is 3. The first-order valence-electron chi connectivity index (χ1n) is 8.02. The van der Waals surface area contributed by atoms with Gasteiger partial charge in [0.2, 0.25) is 0 Å². The van der Waals surface area contributed by atoms with Gasteiger partial charge >= 0.3 is 0 Å². The fourth-order valence-electron chi connectivity index (χ4n) is 3.21. The highest BCUT2D eigenvalue weighted by Gasteiger charge is 2.20. The number of nitrogens with zero attached hydrogens (tertiary/aromatic N) is 1. The maximum absolute atomic E-state index is 12.6. The third kappa shape index (κ3) is 4.02. The van der Waals surface area contributed by atoms with Crippen LogP contribution in [0.1, 0.15) is 34.6 Å². The van der Waals surface area contributed by atoms with Crippen LogP contribution >= 0.6 is 28.3 Å². The minimum absolute atomic E-state index is 0. The van der Waals surface area contributed by atoms with Crippen LogP contribution < -0.4 is 10.6 Å². The third-order valence-electron chi connectivity index (χ3n) is 4.43. The minimum atomic E-state index is 0. The Kier molecular flexibility index (Phi) is 6.49. The lowest BCUT2D eigenvalue weighted by atomic mass is 10.1. The molecule has 0 unspecified atom stereocenters. The summed E-state index contributed by atoms with van der Waals surface area (Å²) in [4.78, 5) is 12.6. The van der Waals surface area contributed by atoms with Gasteiger partial charge < -0.3 is 15.2 Å². The van der Waals surface area contributed by atoms with Gasteiger partial charge in [-0.15, -0.1) is 12.4 Å². The van der Waals surface area contributed by atoms with E-state index in [1.165, 1.54) is 0 Å². The van der Waals surface area contributed by atoms with Crippen molar-refractivity contribution in [1.29, 1.82) is 0 Å². The molecule has 24 heavy (non-hydrogen) atoms. The fraction of sp³-hybridized carbons (Fsp3) is 0.389. The van der Waals surface area contributed by atoms with Crippen molar-refractivity contribution in [2.24, 2.45) is 0 Å². The van der Waals surface area contributed by atoms with E-state index in [9.17, 15) is 4.79 Å². The van der Waals surface area contributed by atoms with Crippen LogP contribution in [0, 0.1) is 13.8 Å². The van der Waals surface area contributed by atoms with E-state index in [2.05, 4.69) is 43.3 Å². The van der Waals surface area contributed by atoms with Gasteiger partial charge in [-0.3, -0.25) is 4.79 Å². The number of hydrogen-bond donors (Lipinski definition) is 2. The molecule has 0 bridgehead atoms. The number of amides is 1. The molecule has 1 aromatic heterocycles. The van der Waals surface area contributed by atoms with Gasteiger partial charge in [0.15, 0.2) is 0 Å². The number of carbonyl (C=O) groups is 1. The first-order chi connectivity index (χ1) is 11.1. The van der Waals surface area contributed by atoms with Crippen molar-refractivity contribution in [3.63, 3.8) is 0 Å². The highest BCUT2D eigenvalue weighted by atomic mass is 79.9. The third-order valence-corrected chi connectivity index (χ3v) is 4.96. The van der Waals surface area contributed by atoms with Gasteiger partial charge in [-0.1, -0.05) is 15.9 Å². The van der Waals surface area contributed by atoms with E-state index in [-0.39, 0.29) is 24.4 Å². The predicted octanol–water partition coefficient (Wildman–Crippen LogP) is 3.76. The van der Waals surface area contributed by atoms with Crippen molar-refractivity contribution < 1.29 is 4.79 Å². The van der Waals surface area contributed by atoms with Crippen LogP contribution in [0.5, 0.6) is 0 Å². The number of nitrogens with one attached hydrogen (secondary N) is 2. The molecule has 3 rings (SSSR count). The van der Waals surface area contributed by atoms with Crippen molar-refractivity contribution in [3.05, 3.63) is 51.8 Å². The van der Waals surface area contributed by atoms with E-state index in [4.69, 9.17) is 0 Å². The van der Waals surface area contributed by atoms with Gasteiger partial charge in [0, 0.05) is 27.6 Å². The Morgan fingerprint density at radius 3 is 2.46 bits per heavy atom. The molecule has 4 nitrogen and oxygen atoms in total. The highest BCUT2D eigenvalue weighted by Crippen LogP contribution is 2.22. The lowest BCUT2D eigenvalue weighted by Gasteiger charge is -2.23. The number of aromatic nitrogens is 1. The van der Waals surface area contributed by atoms with Crippen LogP contribution in [0.4, 0.5) is 0 Å². The minimum Gasteiger partial charge on any atom is -0.349 e. The SMILES string of the molecule is Cc1cc(C(=O)NC2CCNCC2)c(C)n1-c1ccc(Br)cc1.Cl. The highest BCUT2D eigenvalue weighted by molar-refractivity contribution is 9.10. The van der Waals surface area contributed by atoms with Crippen LogP contribution in [0.15, 0.2) is 34.8 Å². The topological polar surface area (TPSA) is 46.1 Å². The van der Waals surface area contributed by atoms with Crippen molar-refractivity contribution in [1.82, 2.24) is 15.2 Å². The normalized spacial score (nSPS) is 15.0. The summed E-state index contributed by atoms with van der Waals surface area (Å²) in [5, 5.41) is 6.50. The van der Waals surface area contributed by atoms with E-state index in [0.29, 0.717) is 0 Å². The van der Waals surface area contributed by atoms with Crippen molar-refractivity contribution in [2.45, 2.75) is 32.7 Å². The zero-order valence-corrected chi connectivity index (χ0v) is 16.3. The lowest BCUT2D eigenvalue weighted by Crippen LogP contribution is -2.42. The molecule has 6 heteroatoms. The van der Waals surface area contributed by atoms with Crippen LogP contribution in [-0.2, 0) is 0 Å². The van der Waals surface area contributed by atoms with E-state index < -0.39 is 0 Å². The summed E-state index contributed by atoms with van der Waals surface area (Å²) in [5.41, 5.74) is 3.89. The first-order valence-corrected chi connectivity index (χ1v) is 8.82. The summed E-state index contributed by atoms with van der Waals surface area (Å²) in [6.45, 7) is 5.99. The molecule has 1 aliphatic heterocycles. The number of halogens is 2. The Labute approximate surface area is 157 Å². The average molecular weight is 413 g/mol. The number of carbonyl (C=O) groups excluding carboxylic acids is 1. The van der Waals surface area contributed by atoms with Gasteiger partial charge in [-0.05, 0) is 70.1 Å². The average Bonchev–Trinajstić information content (AvgIpc) is 2.84. The summed E-state index contributed by atoms with van der Waals surface area (Å²) in [6, 6.07) is 10.4. The fourth-order valence-corrected chi connectivity index (χ4v) is 3.47. The van der Waals surface area contributed by atoms with Crippen LogP contribution in [0.25, 0.3) is 5.69 Å². The molecule has 0 aliphatic carbocycles. The van der Waals surface area contributed by atoms with E-state index in [1.807, 2.05) is 32.0 Å². The molecule has 1 aromatic carbocycles. The summed E-state index contributed by atoms with van der Waals surface area (Å²) >= 11 is 3.46. The molecule has 0 radical (unpaired) electrons. The molecular weight excluding hydrogens is 390 g/mol. The Balaban J connectivity index is 0.00000208. The van der Waals surface area contributed by atoms with Gasteiger partial charge in [-0.2, -0.15) is 0 Å². The predicted molar refractivity (Wildman–Crippen MR) is 104 cm³/mol. The van der Waals surface area contributed by atoms with Gasteiger partial charge in [0.25, 0.3) is 5.91 Å². The summed E-state index contributed by atoms with van der Waals surface area (Å²) in [7, 11) is 0. The number of aryl methyl sites for hydroxylation is 1. The zero-order valence-electron chi connectivity index (χ0n) is 13.9. The quantitative estimate of drug-likeness (QED) is 0.806. The van der Waals surface area contributed by atoms with Crippen molar-refractivity contribution in [2.75, 3.05) is 13.1 Å². The Morgan fingerprint density at radius 1 is 1.21 bits per heavy atom. The summed E-state index contributed by atoms with van der Waals surface area (Å²) in [6.07, 6.45) is 1.99. The molecular formula is C18H23BrClN3O. The maximum atomic E-state index is 12.6. The second-order valence-corrected chi connectivity index (χ2v) is 7.01. The molecule has 1 fully saturated rings. The second-order valence-electron chi connectivity index (χ2n) is 6.09. The van der Waals surface area contributed by atoms with Gasteiger partial charge in [0.1, 0.15) is 0 Å². The Bertz CT molecular complexity index is 706. The standard InChI is InChI=1S/C18H22BrN3O.ClH/c1-12-11-17(18(23)21-15-7-9-20-10-8-15)13(2)22(12)16-5-3-14(19)4-6-16;/h3-6,11,15,20H,7-10H2,1-2H3,(H,21,23);1H. The molecule has 2 heterocycles. The molecule has 2 N–H and O–H groups in total. The number of piperidine rings is 1. The van der Waals surface area contributed by atoms with Crippen LogP contribution in [-0.4, -0.2) is 29.6 Å². The largest absolute Gasteiger partial charge is 0.349 e. The van der Waals surface area contributed by atoms with Gasteiger partial charge in [-0.25, -0.2) is 0 Å². The molecule has 2 aromatic rings. The Hall–Kier alpha value is -1.30. The monoisotopic (exact) mass is 411 g/mol. The molecule has 130 valence electrons. The molecule has 1 amide bonds. The summed E-state index contributed by atoms with van der Waals surface area (Å²) < 4.78 is 3.18. The number of hydrogen-bond acceptors (Lipinski definition) is 2. The summed E-state index contributed by atoms with van der Waals surface area (Å²) in [5.74, 6) is 0.0355. The van der Waals surface area contributed by atoms with Crippen LogP contribution in [0.3, 0.4) is 0 Å². The molecule has 1 aliphatic rings. The second kappa shape index (κ2) is 8.19. The van der Waals surface area contributed by atoms with Gasteiger partial charge in [0.05, 0.1) is 5.56 Å². The molecule has 0 saturated carbocycles. The zero-order chi connectivity index (χ0) is 16.4. The van der Waals surface area contributed by atoms with Crippen molar-refractivity contribution in [3.8, 4) is 5.69 Å². The first kappa shape index (κ1) is 19.0. The Morgan fingerprint density at radius 2 is 1.83 bits per heavy atom. The van der Waals surface area contributed by atoms with Crippen molar-refractivity contribution >= 4 is 34.2 Å². The van der Waals surface area contributed by atoms with Crippen LogP contribution in [0.2, 0.25) is 0 Å². The van der Waals surface area contributed by atoms with E-state index in [0.717, 1.165) is 53.0 Å². The van der Waals surface area contributed by atoms with E-state index >= 15 is 0 Å². The van der Waals surface area contributed by atoms with E-state index in [1.54, 1.807) is 0 Å². The number of benzene rings is 1. The molecule has 1 saturated heterocycles. The molecule has 0 atom stereocenters. The smallest absolute Gasteiger partial charge is 0.253 e.